The van der Waals surface area contributed by atoms with Gasteiger partial charge in [-0.1, -0.05) is 0 Å². The highest BCUT2D eigenvalue weighted by atomic mass is 32.1. The zero-order valence-electron chi connectivity index (χ0n) is 5.92. The Balaban J connectivity index is 3.01. The number of H-pyrrole nitrogens is 1. The van der Waals surface area contributed by atoms with Crippen LogP contribution in [0.15, 0.2) is 16.7 Å². The fourth-order valence-electron chi connectivity index (χ4n) is 1.01. The van der Waals surface area contributed by atoms with Gasteiger partial charge in [0.2, 0.25) is 0 Å². The maximum Gasteiger partial charge on any atom is 0.266 e. The molecule has 2 aromatic rings. The number of aromatic nitrogens is 2. The highest BCUT2D eigenvalue weighted by Crippen LogP contribution is 2.14. The predicted octanol–water partition coefficient (Wildman–Crippen LogP) is 2.19. The van der Waals surface area contributed by atoms with Crippen molar-refractivity contribution in [2.45, 2.75) is 6.92 Å². The number of nitrogens with zero attached hydrogens (tertiary/aromatic N) is 1. The van der Waals surface area contributed by atoms with Crippen LogP contribution in [0.25, 0.3) is 11.1 Å². The Morgan fingerprint density at radius 1 is 1.64 bits per heavy atom. The van der Waals surface area contributed by atoms with Gasteiger partial charge in [-0.2, -0.15) is 0 Å². The second-order valence-corrected chi connectivity index (χ2v) is 2.66. The first-order chi connectivity index (χ1) is 5.27. The van der Waals surface area contributed by atoms with Crippen molar-refractivity contribution in [2.24, 2.45) is 0 Å². The number of pyridine rings is 1. The third-order valence-corrected chi connectivity index (χ3v) is 1.70. The van der Waals surface area contributed by atoms with Crippen molar-refractivity contribution >= 4 is 23.3 Å². The molecule has 1 N–H and O–H groups in total. The molecule has 3 nitrogen and oxygen atoms in total. The van der Waals surface area contributed by atoms with E-state index < -0.39 is 0 Å². The summed E-state index contributed by atoms with van der Waals surface area (Å²) in [6.45, 7) is 1.88. The van der Waals surface area contributed by atoms with Crippen LogP contribution in [0.4, 0.5) is 0 Å². The molecule has 0 aliphatic heterocycles. The molecule has 0 saturated carbocycles. The van der Waals surface area contributed by atoms with Crippen molar-refractivity contribution in [1.82, 2.24) is 9.97 Å². The third kappa shape index (κ3) is 0.952. The number of hydrogen-bond acceptors (Lipinski definition) is 3. The first-order valence-electron chi connectivity index (χ1n) is 3.22. The molecule has 0 spiro atoms. The Bertz CT molecular complexity index is 443. The molecule has 0 aliphatic rings. The van der Waals surface area contributed by atoms with Crippen molar-refractivity contribution in [1.29, 1.82) is 0 Å². The summed E-state index contributed by atoms with van der Waals surface area (Å²) in [7, 11) is 0. The van der Waals surface area contributed by atoms with Crippen LogP contribution in [-0.2, 0) is 0 Å². The lowest BCUT2D eigenvalue weighted by atomic mass is 10.3. The van der Waals surface area contributed by atoms with E-state index in [1.54, 1.807) is 6.20 Å². The van der Waals surface area contributed by atoms with Gasteiger partial charge in [-0.05, 0) is 25.2 Å². The SMILES string of the molecule is Cc1nccc2[nH]c(=S)oc12. The lowest BCUT2D eigenvalue weighted by molar-refractivity contribution is 0.579. The van der Waals surface area contributed by atoms with E-state index in [4.69, 9.17) is 16.6 Å². The fourth-order valence-corrected chi connectivity index (χ4v) is 1.20. The van der Waals surface area contributed by atoms with E-state index in [9.17, 15) is 0 Å². The second kappa shape index (κ2) is 2.17. The van der Waals surface area contributed by atoms with Crippen molar-refractivity contribution in [3.8, 4) is 0 Å². The standard InChI is InChI=1S/C7H6N2OS/c1-4-6-5(2-3-8-4)9-7(11)10-6/h2-3H,1H3,(H,9,11). The molecule has 0 atom stereocenters. The van der Waals surface area contributed by atoms with E-state index in [0.717, 1.165) is 16.8 Å². The Hall–Kier alpha value is -1.16. The van der Waals surface area contributed by atoms with Crippen molar-refractivity contribution < 1.29 is 4.42 Å². The van der Waals surface area contributed by atoms with Crippen LogP contribution < -0.4 is 0 Å². The van der Waals surface area contributed by atoms with Crippen LogP contribution >= 0.6 is 12.2 Å². The summed E-state index contributed by atoms with van der Waals surface area (Å²) >= 11 is 4.82. The number of fused-ring (bicyclic) bond motifs is 1. The van der Waals surface area contributed by atoms with Crippen LogP contribution in [0, 0.1) is 11.8 Å². The van der Waals surface area contributed by atoms with Crippen molar-refractivity contribution in [3.05, 3.63) is 22.8 Å². The quantitative estimate of drug-likeness (QED) is 0.610. The number of oxazole rings is 1. The minimum Gasteiger partial charge on any atom is -0.427 e. The summed E-state index contributed by atoms with van der Waals surface area (Å²) in [5.74, 6) is 0. The Morgan fingerprint density at radius 2 is 2.45 bits per heavy atom. The predicted molar refractivity (Wildman–Crippen MR) is 43.9 cm³/mol. The molecule has 0 bridgehead atoms. The highest BCUT2D eigenvalue weighted by Gasteiger charge is 2.00. The average molecular weight is 166 g/mol. The van der Waals surface area contributed by atoms with Crippen LogP contribution in [-0.4, -0.2) is 9.97 Å². The van der Waals surface area contributed by atoms with E-state index in [1.165, 1.54) is 0 Å². The molecule has 2 heterocycles. The van der Waals surface area contributed by atoms with Gasteiger partial charge in [0.15, 0.2) is 5.58 Å². The first-order valence-corrected chi connectivity index (χ1v) is 3.62. The summed E-state index contributed by atoms with van der Waals surface area (Å²) in [4.78, 5) is 7.37. The molecular weight excluding hydrogens is 160 g/mol. The number of hydrogen-bond donors (Lipinski definition) is 1. The third-order valence-electron chi connectivity index (χ3n) is 1.51. The van der Waals surface area contributed by atoms with E-state index >= 15 is 0 Å². The van der Waals surface area contributed by atoms with Crippen LogP contribution in [0.5, 0.6) is 0 Å². The summed E-state index contributed by atoms with van der Waals surface area (Å²) < 4.78 is 5.20. The van der Waals surface area contributed by atoms with Gasteiger partial charge < -0.3 is 9.40 Å². The molecule has 0 fully saturated rings. The summed E-state index contributed by atoms with van der Waals surface area (Å²) in [5, 5.41) is 0. The molecule has 11 heavy (non-hydrogen) atoms. The molecule has 0 aliphatic carbocycles. The van der Waals surface area contributed by atoms with Gasteiger partial charge in [-0.15, -0.1) is 0 Å². The largest absolute Gasteiger partial charge is 0.427 e. The number of aromatic amines is 1. The minimum atomic E-state index is 0.399. The van der Waals surface area contributed by atoms with E-state index in [0.29, 0.717) is 4.84 Å². The molecule has 4 heteroatoms. The molecule has 0 amide bonds. The maximum absolute atomic E-state index is 5.20. The monoisotopic (exact) mass is 166 g/mol. The molecule has 0 aromatic carbocycles. The summed E-state index contributed by atoms with van der Waals surface area (Å²) in [5.41, 5.74) is 2.51. The van der Waals surface area contributed by atoms with Crippen LogP contribution in [0.1, 0.15) is 5.69 Å². The van der Waals surface area contributed by atoms with Crippen LogP contribution in [0.2, 0.25) is 0 Å². The van der Waals surface area contributed by atoms with Gasteiger partial charge in [0.05, 0.1) is 11.2 Å². The Kier molecular flexibility index (Phi) is 1.29. The molecular formula is C7H6N2OS. The van der Waals surface area contributed by atoms with Crippen molar-refractivity contribution in [3.63, 3.8) is 0 Å². The molecule has 0 unspecified atom stereocenters. The maximum atomic E-state index is 5.20. The summed E-state index contributed by atoms with van der Waals surface area (Å²) in [6, 6.07) is 1.83. The summed E-state index contributed by atoms with van der Waals surface area (Å²) in [6.07, 6.45) is 1.72. The molecule has 2 rings (SSSR count). The highest BCUT2D eigenvalue weighted by molar-refractivity contribution is 7.71. The molecule has 2 aromatic heterocycles. The van der Waals surface area contributed by atoms with Gasteiger partial charge in [0.25, 0.3) is 4.84 Å². The lowest BCUT2D eigenvalue weighted by Crippen LogP contribution is -1.78. The van der Waals surface area contributed by atoms with E-state index in [2.05, 4.69) is 9.97 Å². The zero-order chi connectivity index (χ0) is 7.84. The normalized spacial score (nSPS) is 10.6. The average Bonchev–Trinajstić information content (AvgIpc) is 2.31. The topological polar surface area (TPSA) is 41.8 Å². The smallest absolute Gasteiger partial charge is 0.266 e. The van der Waals surface area contributed by atoms with Gasteiger partial charge in [-0.3, -0.25) is 4.98 Å². The Morgan fingerprint density at radius 3 is 3.18 bits per heavy atom. The van der Waals surface area contributed by atoms with Gasteiger partial charge in [0, 0.05) is 6.20 Å². The van der Waals surface area contributed by atoms with E-state index in [1.807, 2.05) is 13.0 Å². The molecule has 0 saturated heterocycles. The number of aryl methyl sites for hydroxylation is 1. The van der Waals surface area contributed by atoms with Crippen LogP contribution in [0.3, 0.4) is 0 Å². The molecule has 0 radical (unpaired) electrons. The molecule has 56 valence electrons. The van der Waals surface area contributed by atoms with Crippen molar-refractivity contribution in [2.75, 3.05) is 0 Å². The van der Waals surface area contributed by atoms with Gasteiger partial charge in [-0.25, -0.2) is 0 Å². The minimum absolute atomic E-state index is 0.399. The Labute approximate surface area is 68.1 Å². The second-order valence-electron chi connectivity index (χ2n) is 2.29. The lowest BCUT2D eigenvalue weighted by Gasteiger charge is -1.88. The number of nitrogens with one attached hydrogen (secondary N) is 1. The number of rotatable bonds is 0. The van der Waals surface area contributed by atoms with E-state index in [-0.39, 0.29) is 0 Å². The first kappa shape index (κ1) is 6.54. The zero-order valence-corrected chi connectivity index (χ0v) is 6.73. The fraction of sp³-hybridized carbons (Fsp3) is 0.143. The van der Waals surface area contributed by atoms with Gasteiger partial charge in [0.1, 0.15) is 0 Å². The van der Waals surface area contributed by atoms with Gasteiger partial charge >= 0.3 is 0 Å².